The van der Waals surface area contributed by atoms with Crippen LogP contribution in [0.2, 0.25) is 0 Å². The lowest BCUT2D eigenvalue weighted by molar-refractivity contribution is 1.08. The molecule has 7 aromatic rings. The number of hydrogen-bond acceptors (Lipinski definition) is 0. The molecule has 0 spiro atoms. The molecule has 0 aromatic heterocycles. The highest BCUT2D eigenvalue weighted by Crippen LogP contribution is 2.28. The van der Waals surface area contributed by atoms with E-state index in [1.807, 2.05) is 0 Å². The van der Waals surface area contributed by atoms with Crippen molar-refractivity contribution in [2.45, 2.75) is 26.7 Å². The fourth-order valence-corrected chi connectivity index (χ4v) is 6.58. The van der Waals surface area contributed by atoms with Gasteiger partial charge in [-0.05, 0) is 117 Å². The Labute approximate surface area is 321 Å². The Morgan fingerprint density at radius 3 is 0.944 bits per heavy atom. The lowest BCUT2D eigenvalue weighted by atomic mass is 9.95. The number of aryl methyl sites for hydroxylation is 2. The molecule has 0 bridgehead atoms. The van der Waals surface area contributed by atoms with E-state index >= 15 is 0 Å². The van der Waals surface area contributed by atoms with E-state index in [0.717, 1.165) is 46.2 Å². The first-order chi connectivity index (χ1) is 26.7. The minimum atomic E-state index is 0.889. The second-order valence-electron chi connectivity index (χ2n) is 13.2. The maximum Gasteiger partial charge on any atom is 0.0284 e. The molecule has 0 heteroatoms. The maximum absolute atomic E-state index is 3.49. The second-order valence-corrected chi connectivity index (χ2v) is 13.2. The van der Waals surface area contributed by atoms with Crippen molar-refractivity contribution in [1.82, 2.24) is 0 Å². The van der Waals surface area contributed by atoms with Gasteiger partial charge in [-0.3, -0.25) is 0 Å². The Morgan fingerprint density at radius 1 is 0.370 bits per heavy atom. The molecule has 0 atom stereocenters. The van der Waals surface area contributed by atoms with E-state index in [4.69, 9.17) is 0 Å². The van der Waals surface area contributed by atoms with Crippen LogP contribution in [-0.4, -0.2) is 0 Å². The molecule has 0 saturated heterocycles. The van der Waals surface area contributed by atoms with Crippen molar-refractivity contribution < 1.29 is 0 Å². The minimum Gasteiger partial charge on any atom is -0.0622 e. The molecule has 7 aromatic carbocycles. The third-order valence-corrected chi connectivity index (χ3v) is 9.56. The summed E-state index contributed by atoms with van der Waals surface area (Å²) < 4.78 is 0. The summed E-state index contributed by atoms with van der Waals surface area (Å²) in [4.78, 5) is 0. The first kappa shape index (κ1) is 35.5. The number of hydrogen-bond donors (Lipinski definition) is 0. The highest BCUT2D eigenvalue weighted by atomic mass is 14.1. The van der Waals surface area contributed by atoms with E-state index < -0.39 is 0 Å². The molecule has 0 N–H and O–H groups in total. The SMILES string of the molecule is CCc1cc(C#Cc2ccc(C=C(c3ccccc3)c3ccccc3)cc2)c(CC)cc1C#Cc1ccc(C=C(c2ccccc2)c2ccccc2)cc1. The van der Waals surface area contributed by atoms with Crippen LogP contribution in [0.3, 0.4) is 0 Å². The third kappa shape index (κ3) is 8.95. The Balaban J connectivity index is 1.10. The second kappa shape index (κ2) is 17.6. The smallest absolute Gasteiger partial charge is 0.0284 e. The van der Waals surface area contributed by atoms with Crippen molar-refractivity contribution in [2.75, 3.05) is 0 Å². The molecule has 0 saturated carbocycles. The van der Waals surface area contributed by atoms with E-state index in [0.29, 0.717) is 0 Å². The molecule has 0 aliphatic rings. The molecule has 54 heavy (non-hydrogen) atoms. The Hall–Kier alpha value is -6.86. The van der Waals surface area contributed by atoms with Crippen LogP contribution in [0.25, 0.3) is 23.3 Å². The van der Waals surface area contributed by atoms with Crippen molar-refractivity contribution in [1.29, 1.82) is 0 Å². The van der Waals surface area contributed by atoms with Crippen LogP contribution in [0.4, 0.5) is 0 Å². The monoisotopic (exact) mass is 690 g/mol. The van der Waals surface area contributed by atoms with Gasteiger partial charge in [-0.2, -0.15) is 0 Å². The van der Waals surface area contributed by atoms with Gasteiger partial charge in [-0.1, -0.05) is 183 Å². The zero-order valence-electron chi connectivity index (χ0n) is 30.9. The molecule has 0 fully saturated rings. The van der Waals surface area contributed by atoms with Crippen molar-refractivity contribution in [3.63, 3.8) is 0 Å². The lowest BCUT2D eigenvalue weighted by Crippen LogP contribution is -1.96. The Bertz CT molecular complexity index is 2230. The molecule has 0 radical (unpaired) electrons. The summed E-state index contributed by atoms with van der Waals surface area (Å²) in [5.41, 5.74) is 16.0. The van der Waals surface area contributed by atoms with E-state index in [1.54, 1.807) is 0 Å². The average Bonchev–Trinajstić information content (AvgIpc) is 3.25. The van der Waals surface area contributed by atoms with Crippen molar-refractivity contribution in [2.24, 2.45) is 0 Å². The Kier molecular flexibility index (Phi) is 11.6. The summed E-state index contributed by atoms with van der Waals surface area (Å²) in [6, 6.07) is 63.8. The lowest BCUT2D eigenvalue weighted by Gasteiger charge is -2.09. The van der Waals surface area contributed by atoms with Crippen LogP contribution < -0.4 is 0 Å². The maximum atomic E-state index is 3.49. The molecule has 0 nitrogen and oxygen atoms in total. The molecule has 0 unspecified atom stereocenters. The fraction of sp³-hybridized carbons (Fsp3) is 0.0741. The van der Waals surface area contributed by atoms with Gasteiger partial charge in [-0.25, -0.2) is 0 Å². The minimum absolute atomic E-state index is 0.889. The first-order valence-electron chi connectivity index (χ1n) is 18.7. The number of rotatable bonds is 8. The molecule has 0 heterocycles. The van der Waals surface area contributed by atoms with E-state index in [2.05, 4.69) is 232 Å². The molecule has 0 aliphatic heterocycles. The number of benzene rings is 7. The first-order valence-corrected chi connectivity index (χ1v) is 18.7. The summed E-state index contributed by atoms with van der Waals surface area (Å²) in [5, 5.41) is 0. The Morgan fingerprint density at radius 2 is 0.667 bits per heavy atom. The standard InChI is InChI=1S/C54H42/c1-3-45-39-52(36-34-42-27-31-44(32-28-42)38-54(49-21-13-7-14-22-49)50-23-15-8-16-24-50)46(4-2)40-51(45)35-33-41-25-29-43(30-26-41)37-53(47-17-9-5-10-18-47)48-19-11-6-12-20-48/h5-32,37-40H,3-4H2,1-2H3. The average molecular weight is 691 g/mol. The summed E-state index contributed by atoms with van der Waals surface area (Å²) in [6.45, 7) is 4.37. The van der Waals surface area contributed by atoms with Crippen LogP contribution in [0.5, 0.6) is 0 Å². The van der Waals surface area contributed by atoms with Crippen LogP contribution in [0.15, 0.2) is 182 Å². The van der Waals surface area contributed by atoms with E-state index in [-0.39, 0.29) is 0 Å². The van der Waals surface area contributed by atoms with Crippen molar-refractivity contribution in [3.05, 3.63) is 249 Å². The quantitative estimate of drug-likeness (QED) is 0.110. The predicted molar refractivity (Wildman–Crippen MR) is 230 cm³/mol. The third-order valence-electron chi connectivity index (χ3n) is 9.56. The van der Waals surface area contributed by atoms with E-state index in [1.165, 1.54) is 44.5 Å². The highest BCUT2D eigenvalue weighted by molar-refractivity contribution is 5.92. The van der Waals surface area contributed by atoms with Gasteiger partial charge >= 0.3 is 0 Å². The largest absolute Gasteiger partial charge is 0.0622 e. The summed E-state index contributed by atoms with van der Waals surface area (Å²) in [6.07, 6.45) is 6.29. The van der Waals surface area contributed by atoms with Gasteiger partial charge < -0.3 is 0 Å². The van der Waals surface area contributed by atoms with Crippen LogP contribution in [0.1, 0.15) is 80.6 Å². The van der Waals surface area contributed by atoms with Crippen molar-refractivity contribution >= 4 is 23.3 Å². The van der Waals surface area contributed by atoms with Gasteiger partial charge in [0.2, 0.25) is 0 Å². The summed E-state index contributed by atoms with van der Waals surface area (Å²) in [7, 11) is 0. The molecule has 0 amide bonds. The summed E-state index contributed by atoms with van der Waals surface area (Å²) >= 11 is 0. The predicted octanol–water partition coefficient (Wildman–Crippen LogP) is 12.8. The van der Waals surface area contributed by atoms with Gasteiger partial charge in [0.15, 0.2) is 0 Å². The summed E-state index contributed by atoms with van der Waals surface area (Å²) in [5.74, 6) is 13.9. The van der Waals surface area contributed by atoms with E-state index in [9.17, 15) is 0 Å². The van der Waals surface area contributed by atoms with Crippen LogP contribution in [0, 0.1) is 23.7 Å². The van der Waals surface area contributed by atoms with Gasteiger partial charge in [0.1, 0.15) is 0 Å². The van der Waals surface area contributed by atoms with Crippen LogP contribution in [-0.2, 0) is 12.8 Å². The van der Waals surface area contributed by atoms with Gasteiger partial charge in [0, 0.05) is 22.3 Å². The molecule has 258 valence electrons. The van der Waals surface area contributed by atoms with Gasteiger partial charge in [-0.15, -0.1) is 0 Å². The molecular formula is C54H42. The van der Waals surface area contributed by atoms with Gasteiger partial charge in [0.25, 0.3) is 0 Å². The molecular weight excluding hydrogens is 649 g/mol. The topological polar surface area (TPSA) is 0 Å². The highest BCUT2D eigenvalue weighted by Gasteiger charge is 2.08. The zero-order chi connectivity index (χ0) is 37.0. The van der Waals surface area contributed by atoms with Gasteiger partial charge in [0.05, 0.1) is 0 Å². The van der Waals surface area contributed by atoms with Crippen molar-refractivity contribution in [3.8, 4) is 23.7 Å². The normalized spacial score (nSPS) is 10.3. The molecule has 7 rings (SSSR count). The van der Waals surface area contributed by atoms with Crippen LogP contribution >= 0.6 is 0 Å². The zero-order valence-corrected chi connectivity index (χ0v) is 30.9. The fourth-order valence-electron chi connectivity index (χ4n) is 6.58. The molecule has 0 aliphatic carbocycles.